The van der Waals surface area contributed by atoms with E-state index in [-0.39, 0.29) is 28.5 Å². The number of hydrogen-bond acceptors (Lipinski definition) is 5. The van der Waals surface area contributed by atoms with Crippen LogP contribution in [-0.2, 0) is 0 Å². The van der Waals surface area contributed by atoms with E-state index in [2.05, 4.69) is 22.5 Å². The van der Waals surface area contributed by atoms with Gasteiger partial charge in [0.05, 0.1) is 35.0 Å². The van der Waals surface area contributed by atoms with E-state index in [1.165, 1.54) is 6.07 Å². The maximum absolute atomic E-state index is 11.5. The van der Waals surface area contributed by atoms with E-state index in [0.29, 0.717) is 17.0 Å². The lowest BCUT2D eigenvalue weighted by Crippen LogP contribution is -2.30. The number of fused-ring (bicyclic) bond motifs is 3. The second kappa shape index (κ2) is 5.63. The first-order valence-corrected chi connectivity index (χ1v) is 7.90. The maximum Gasteiger partial charge on any atom is 0.275 e. The van der Waals surface area contributed by atoms with Crippen LogP contribution in [0, 0.1) is 16.0 Å². The minimum Gasteiger partial charge on any atom is -0.495 e. The Morgan fingerprint density at radius 1 is 1.33 bits per heavy atom. The van der Waals surface area contributed by atoms with Crippen molar-refractivity contribution in [1.29, 1.82) is 0 Å². The molecular formula is C18H17N3O3. The maximum atomic E-state index is 11.5. The molecule has 6 heteroatoms. The fraction of sp³-hybridized carbons (Fsp3) is 0.278. The molecule has 1 aromatic carbocycles. The van der Waals surface area contributed by atoms with Gasteiger partial charge >= 0.3 is 0 Å². The Balaban J connectivity index is 1.90. The predicted molar refractivity (Wildman–Crippen MR) is 90.2 cm³/mol. The summed E-state index contributed by atoms with van der Waals surface area (Å²) in [5.41, 5.74) is 2.50. The predicted octanol–water partition coefficient (Wildman–Crippen LogP) is 3.82. The number of pyridine rings is 1. The highest BCUT2D eigenvalue weighted by Gasteiger charge is 2.43. The first-order valence-electron chi connectivity index (χ1n) is 7.90. The number of ether oxygens (including phenoxy) is 1. The molecule has 1 aliphatic carbocycles. The SMILES string of the molecule is COc1ccc([N+](=O)[O-])c2c1NC(c1ccccn1)C1CC=CC21. The highest BCUT2D eigenvalue weighted by Crippen LogP contribution is 2.54. The van der Waals surface area contributed by atoms with Gasteiger partial charge in [-0.25, -0.2) is 0 Å². The molecule has 0 radical (unpaired) electrons. The Morgan fingerprint density at radius 2 is 2.21 bits per heavy atom. The molecule has 4 rings (SSSR count). The molecule has 3 unspecified atom stereocenters. The number of nitrogens with one attached hydrogen (secondary N) is 1. The molecular weight excluding hydrogens is 306 g/mol. The number of aromatic nitrogens is 1. The van der Waals surface area contributed by atoms with Crippen LogP contribution < -0.4 is 10.1 Å². The van der Waals surface area contributed by atoms with Gasteiger partial charge in [-0.1, -0.05) is 18.2 Å². The normalized spacial score (nSPS) is 24.0. The molecule has 2 aliphatic rings. The molecule has 0 amide bonds. The van der Waals surface area contributed by atoms with E-state index >= 15 is 0 Å². The fourth-order valence-electron chi connectivity index (χ4n) is 3.85. The Labute approximate surface area is 139 Å². The molecule has 24 heavy (non-hydrogen) atoms. The summed E-state index contributed by atoms with van der Waals surface area (Å²) in [6.45, 7) is 0. The van der Waals surface area contributed by atoms with E-state index in [1.54, 1.807) is 19.4 Å². The first kappa shape index (κ1) is 14.7. The van der Waals surface area contributed by atoms with Crippen LogP contribution in [0.15, 0.2) is 48.7 Å². The summed E-state index contributed by atoms with van der Waals surface area (Å²) in [7, 11) is 1.58. The summed E-state index contributed by atoms with van der Waals surface area (Å²) in [4.78, 5) is 15.7. The Bertz CT molecular complexity index is 820. The lowest BCUT2D eigenvalue weighted by Gasteiger charge is -2.37. The van der Waals surface area contributed by atoms with E-state index in [0.717, 1.165) is 12.1 Å². The molecule has 1 aromatic heterocycles. The number of hydrogen-bond donors (Lipinski definition) is 1. The van der Waals surface area contributed by atoms with Gasteiger partial charge in [0.1, 0.15) is 5.75 Å². The summed E-state index contributed by atoms with van der Waals surface area (Å²) in [5, 5.41) is 15.0. The number of nitro groups is 1. The summed E-state index contributed by atoms with van der Waals surface area (Å²) in [5.74, 6) is 0.817. The lowest BCUT2D eigenvalue weighted by molar-refractivity contribution is -0.385. The zero-order valence-electron chi connectivity index (χ0n) is 13.2. The van der Waals surface area contributed by atoms with E-state index < -0.39 is 0 Å². The Morgan fingerprint density at radius 3 is 2.92 bits per heavy atom. The first-order chi connectivity index (χ1) is 11.7. The number of nitro benzene ring substituents is 1. The summed E-state index contributed by atoms with van der Waals surface area (Å²) < 4.78 is 5.45. The van der Waals surface area contributed by atoms with Crippen molar-refractivity contribution in [3.05, 3.63) is 70.1 Å². The van der Waals surface area contributed by atoms with Gasteiger partial charge in [-0.15, -0.1) is 0 Å². The quantitative estimate of drug-likeness (QED) is 0.528. The average molecular weight is 323 g/mol. The number of rotatable bonds is 3. The van der Waals surface area contributed by atoms with Crippen LogP contribution in [0.5, 0.6) is 5.75 Å². The molecule has 0 saturated carbocycles. The minimum absolute atomic E-state index is 0.00500. The van der Waals surface area contributed by atoms with Gasteiger partial charge < -0.3 is 10.1 Å². The van der Waals surface area contributed by atoms with E-state index in [9.17, 15) is 10.1 Å². The van der Waals surface area contributed by atoms with Gasteiger partial charge in [-0.2, -0.15) is 0 Å². The number of methoxy groups -OCH3 is 1. The van der Waals surface area contributed by atoms with Crippen LogP contribution in [0.25, 0.3) is 0 Å². The Hall–Kier alpha value is -2.89. The molecule has 0 bridgehead atoms. The number of nitrogens with zero attached hydrogens (tertiary/aromatic N) is 2. The average Bonchev–Trinajstić information content (AvgIpc) is 3.10. The molecule has 3 atom stereocenters. The van der Waals surface area contributed by atoms with Gasteiger partial charge in [-0.05, 0) is 30.5 Å². The van der Waals surface area contributed by atoms with Crippen LogP contribution in [0.3, 0.4) is 0 Å². The molecule has 1 aliphatic heterocycles. The number of benzene rings is 1. The van der Waals surface area contributed by atoms with Crippen LogP contribution in [-0.4, -0.2) is 17.0 Å². The van der Waals surface area contributed by atoms with Crippen molar-refractivity contribution in [2.24, 2.45) is 5.92 Å². The number of anilines is 1. The monoisotopic (exact) mass is 323 g/mol. The van der Waals surface area contributed by atoms with Crippen molar-refractivity contribution in [3.8, 4) is 5.75 Å². The van der Waals surface area contributed by atoms with Crippen molar-refractivity contribution >= 4 is 11.4 Å². The standard InChI is InChI=1S/C18H17N3O3/c1-24-15-9-8-14(21(22)23)16-11-5-4-6-12(11)17(20-18(15)16)13-7-2-3-10-19-13/h2-5,7-12,17,20H,6H2,1H3. The highest BCUT2D eigenvalue weighted by molar-refractivity contribution is 5.73. The molecule has 1 N–H and O–H groups in total. The van der Waals surface area contributed by atoms with Gasteiger partial charge in [0.15, 0.2) is 0 Å². The minimum atomic E-state index is -0.315. The van der Waals surface area contributed by atoms with E-state index in [1.807, 2.05) is 18.2 Å². The third-order valence-electron chi connectivity index (χ3n) is 4.88. The second-order valence-corrected chi connectivity index (χ2v) is 6.06. The van der Waals surface area contributed by atoms with Gasteiger partial charge in [-0.3, -0.25) is 15.1 Å². The third-order valence-corrected chi connectivity index (χ3v) is 4.88. The molecule has 2 heterocycles. The van der Waals surface area contributed by atoms with Crippen LogP contribution in [0.1, 0.15) is 29.6 Å². The Kier molecular flexibility index (Phi) is 3.45. The van der Waals surface area contributed by atoms with Crippen molar-refractivity contribution in [1.82, 2.24) is 4.98 Å². The number of allylic oxidation sites excluding steroid dienone is 2. The van der Waals surface area contributed by atoms with Crippen LogP contribution in [0.4, 0.5) is 11.4 Å². The molecule has 6 nitrogen and oxygen atoms in total. The van der Waals surface area contributed by atoms with Crippen LogP contribution in [0.2, 0.25) is 0 Å². The van der Waals surface area contributed by atoms with Gasteiger partial charge in [0.2, 0.25) is 0 Å². The highest BCUT2D eigenvalue weighted by atomic mass is 16.6. The van der Waals surface area contributed by atoms with Crippen molar-refractivity contribution < 1.29 is 9.66 Å². The summed E-state index contributed by atoms with van der Waals surface area (Å²) >= 11 is 0. The molecule has 122 valence electrons. The van der Waals surface area contributed by atoms with Crippen molar-refractivity contribution in [2.45, 2.75) is 18.4 Å². The summed E-state index contributed by atoms with van der Waals surface area (Å²) in [6, 6.07) is 9.01. The smallest absolute Gasteiger partial charge is 0.275 e. The zero-order valence-corrected chi connectivity index (χ0v) is 13.2. The third kappa shape index (κ3) is 2.14. The van der Waals surface area contributed by atoms with Gasteiger partial charge in [0, 0.05) is 18.2 Å². The summed E-state index contributed by atoms with van der Waals surface area (Å²) in [6.07, 6.45) is 6.82. The topological polar surface area (TPSA) is 77.3 Å². The van der Waals surface area contributed by atoms with Crippen LogP contribution >= 0.6 is 0 Å². The van der Waals surface area contributed by atoms with Gasteiger partial charge in [0.25, 0.3) is 5.69 Å². The molecule has 0 saturated heterocycles. The molecule has 2 aromatic rings. The largest absolute Gasteiger partial charge is 0.495 e. The lowest BCUT2D eigenvalue weighted by atomic mass is 9.77. The van der Waals surface area contributed by atoms with Crippen molar-refractivity contribution in [3.63, 3.8) is 0 Å². The second-order valence-electron chi connectivity index (χ2n) is 6.06. The fourth-order valence-corrected chi connectivity index (χ4v) is 3.85. The molecule has 0 spiro atoms. The van der Waals surface area contributed by atoms with E-state index in [4.69, 9.17) is 4.74 Å². The zero-order chi connectivity index (χ0) is 16.7. The van der Waals surface area contributed by atoms with Crippen molar-refractivity contribution in [2.75, 3.05) is 12.4 Å². The molecule has 0 fully saturated rings.